The lowest BCUT2D eigenvalue weighted by Gasteiger charge is -2.16. The van der Waals surface area contributed by atoms with Crippen LogP contribution in [0.5, 0.6) is 0 Å². The van der Waals surface area contributed by atoms with Gasteiger partial charge in [-0.05, 0) is 26.7 Å². The third-order valence-electron chi connectivity index (χ3n) is 3.82. The fourth-order valence-electron chi connectivity index (χ4n) is 2.69. The van der Waals surface area contributed by atoms with Gasteiger partial charge in [0, 0.05) is 12.6 Å². The van der Waals surface area contributed by atoms with E-state index in [9.17, 15) is 8.42 Å². The van der Waals surface area contributed by atoms with Gasteiger partial charge in [0.05, 0.1) is 11.9 Å². The van der Waals surface area contributed by atoms with Crippen LogP contribution in [0.4, 0.5) is 0 Å². The van der Waals surface area contributed by atoms with Gasteiger partial charge in [-0.3, -0.25) is 4.68 Å². The van der Waals surface area contributed by atoms with Crippen LogP contribution in [-0.4, -0.2) is 24.2 Å². The number of sulfonamides is 1. The third kappa shape index (κ3) is 3.36. The van der Waals surface area contributed by atoms with Crippen LogP contribution in [0, 0.1) is 6.92 Å². The SMILES string of the molecule is CCn1ncc(S(=O)(=O)NC2CCCCCC2)c1C. The second-order valence-corrected chi connectivity index (χ2v) is 6.90. The molecule has 2 rings (SSSR count). The Morgan fingerprint density at radius 3 is 2.47 bits per heavy atom. The molecular weight excluding hydrogens is 262 g/mol. The molecule has 5 nitrogen and oxygen atoms in total. The van der Waals surface area contributed by atoms with Gasteiger partial charge < -0.3 is 0 Å². The highest BCUT2D eigenvalue weighted by Crippen LogP contribution is 2.20. The Morgan fingerprint density at radius 1 is 1.32 bits per heavy atom. The molecule has 0 aromatic carbocycles. The molecule has 1 aliphatic rings. The zero-order chi connectivity index (χ0) is 13.9. The summed E-state index contributed by atoms with van der Waals surface area (Å²) in [5.41, 5.74) is 0.712. The van der Waals surface area contributed by atoms with E-state index in [2.05, 4.69) is 9.82 Å². The van der Waals surface area contributed by atoms with Crippen LogP contribution < -0.4 is 4.72 Å². The summed E-state index contributed by atoms with van der Waals surface area (Å²) in [5, 5.41) is 4.11. The number of aryl methyl sites for hydroxylation is 1. The highest BCUT2D eigenvalue weighted by atomic mass is 32.2. The van der Waals surface area contributed by atoms with E-state index in [4.69, 9.17) is 0 Å². The molecule has 1 aromatic heterocycles. The Balaban J connectivity index is 2.14. The van der Waals surface area contributed by atoms with Gasteiger partial charge in [0.1, 0.15) is 4.90 Å². The largest absolute Gasteiger partial charge is 0.269 e. The maximum absolute atomic E-state index is 12.4. The van der Waals surface area contributed by atoms with Crippen molar-refractivity contribution in [3.63, 3.8) is 0 Å². The zero-order valence-corrected chi connectivity index (χ0v) is 12.5. The minimum Gasteiger partial charge on any atom is -0.269 e. The molecule has 0 amide bonds. The highest BCUT2D eigenvalue weighted by molar-refractivity contribution is 7.89. The highest BCUT2D eigenvalue weighted by Gasteiger charge is 2.24. The van der Waals surface area contributed by atoms with Crippen molar-refractivity contribution < 1.29 is 8.42 Å². The van der Waals surface area contributed by atoms with Crippen LogP contribution in [-0.2, 0) is 16.6 Å². The summed E-state index contributed by atoms with van der Waals surface area (Å²) in [6.45, 7) is 4.44. The van der Waals surface area contributed by atoms with Crippen molar-refractivity contribution in [2.45, 2.75) is 69.9 Å². The molecular formula is C13H23N3O2S. The fraction of sp³-hybridized carbons (Fsp3) is 0.769. The van der Waals surface area contributed by atoms with Gasteiger partial charge in [-0.25, -0.2) is 13.1 Å². The molecule has 0 spiro atoms. The summed E-state index contributed by atoms with van der Waals surface area (Å²) in [6, 6.07) is 0.0804. The van der Waals surface area contributed by atoms with Crippen molar-refractivity contribution in [3.8, 4) is 0 Å². The Morgan fingerprint density at radius 2 is 1.95 bits per heavy atom. The average molecular weight is 285 g/mol. The van der Waals surface area contributed by atoms with Gasteiger partial charge in [0.25, 0.3) is 0 Å². The zero-order valence-electron chi connectivity index (χ0n) is 11.7. The predicted octanol–water partition coefficient (Wildman–Crippen LogP) is 2.21. The number of aromatic nitrogens is 2. The normalized spacial score (nSPS) is 18.4. The second kappa shape index (κ2) is 6.05. The molecule has 0 atom stereocenters. The van der Waals surface area contributed by atoms with Gasteiger partial charge in [0.2, 0.25) is 10.0 Å². The lowest BCUT2D eigenvalue weighted by molar-refractivity contribution is 0.509. The molecule has 108 valence electrons. The molecule has 0 unspecified atom stereocenters. The molecule has 1 aromatic rings. The van der Waals surface area contributed by atoms with Gasteiger partial charge in [0.15, 0.2) is 0 Å². The summed E-state index contributed by atoms with van der Waals surface area (Å²) in [7, 11) is -3.43. The predicted molar refractivity (Wildman–Crippen MR) is 74.4 cm³/mol. The van der Waals surface area contributed by atoms with Crippen LogP contribution in [0.15, 0.2) is 11.1 Å². The molecule has 1 aliphatic carbocycles. The van der Waals surface area contributed by atoms with E-state index in [-0.39, 0.29) is 6.04 Å². The van der Waals surface area contributed by atoms with Crippen LogP contribution in [0.2, 0.25) is 0 Å². The molecule has 1 fully saturated rings. The van der Waals surface area contributed by atoms with Crippen molar-refractivity contribution in [2.75, 3.05) is 0 Å². The summed E-state index contributed by atoms with van der Waals surface area (Å²) >= 11 is 0. The lowest BCUT2D eigenvalue weighted by Crippen LogP contribution is -2.34. The Kier molecular flexibility index (Phi) is 4.62. The Bertz CT molecular complexity index is 514. The summed E-state index contributed by atoms with van der Waals surface area (Å²) in [4.78, 5) is 0.318. The summed E-state index contributed by atoms with van der Waals surface area (Å²) in [6.07, 6.45) is 8.00. The molecule has 0 aliphatic heterocycles. The van der Waals surface area contributed by atoms with Crippen molar-refractivity contribution in [2.24, 2.45) is 0 Å². The number of nitrogens with zero attached hydrogens (tertiary/aromatic N) is 2. The smallest absolute Gasteiger partial charge is 0.244 e. The first-order chi connectivity index (χ1) is 9.04. The molecule has 6 heteroatoms. The standard InChI is InChI=1S/C13H23N3O2S/c1-3-16-11(2)13(10-14-16)19(17,18)15-12-8-6-4-5-7-9-12/h10,12,15H,3-9H2,1-2H3. The van der Waals surface area contributed by atoms with Gasteiger partial charge in [-0.1, -0.05) is 25.7 Å². The first-order valence-electron chi connectivity index (χ1n) is 7.09. The average Bonchev–Trinajstić information content (AvgIpc) is 2.58. The maximum Gasteiger partial charge on any atom is 0.244 e. The van der Waals surface area contributed by atoms with E-state index < -0.39 is 10.0 Å². The van der Waals surface area contributed by atoms with E-state index in [1.165, 1.54) is 19.0 Å². The minimum absolute atomic E-state index is 0.0804. The van der Waals surface area contributed by atoms with E-state index in [1.807, 2.05) is 6.92 Å². The number of nitrogens with one attached hydrogen (secondary N) is 1. The second-order valence-electron chi connectivity index (χ2n) is 5.22. The van der Waals surface area contributed by atoms with Crippen LogP contribution in [0.3, 0.4) is 0 Å². The number of hydrogen-bond acceptors (Lipinski definition) is 3. The van der Waals surface area contributed by atoms with Crippen molar-refractivity contribution >= 4 is 10.0 Å². The monoisotopic (exact) mass is 285 g/mol. The van der Waals surface area contributed by atoms with E-state index in [0.29, 0.717) is 17.1 Å². The molecule has 0 radical (unpaired) electrons. The molecule has 1 N–H and O–H groups in total. The molecule has 0 bridgehead atoms. The fourth-order valence-corrected chi connectivity index (χ4v) is 4.17. The quantitative estimate of drug-likeness (QED) is 0.863. The van der Waals surface area contributed by atoms with Crippen LogP contribution in [0.1, 0.15) is 51.1 Å². The van der Waals surface area contributed by atoms with Gasteiger partial charge in [-0.15, -0.1) is 0 Å². The molecule has 19 heavy (non-hydrogen) atoms. The number of rotatable bonds is 4. The van der Waals surface area contributed by atoms with Crippen molar-refractivity contribution in [1.29, 1.82) is 0 Å². The van der Waals surface area contributed by atoms with Crippen molar-refractivity contribution in [1.82, 2.24) is 14.5 Å². The van der Waals surface area contributed by atoms with Gasteiger partial charge >= 0.3 is 0 Å². The number of hydrogen-bond donors (Lipinski definition) is 1. The van der Waals surface area contributed by atoms with E-state index in [0.717, 1.165) is 25.7 Å². The summed E-state index contributed by atoms with van der Waals surface area (Å²) < 4.78 is 29.4. The minimum atomic E-state index is -3.43. The van der Waals surface area contributed by atoms with E-state index >= 15 is 0 Å². The molecule has 1 heterocycles. The molecule has 1 saturated carbocycles. The lowest BCUT2D eigenvalue weighted by atomic mass is 10.1. The topological polar surface area (TPSA) is 64.0 Å². The molecule has 0 saturated heterocycles. The van der Waals surface area contributed by atoms with E-state index in [1.54, 1.807) is 11.6 Å². The van der Waals surface area contributed by atoms with Gasteiger partial charge in [-0.2, -0.15) is 5.10 Å². The third-order valence-corrected chi connectivity index (χ3v) is 5.45. The van der Waals surface area contributed by atoms with Crippen molar-refractivity contribution in [3.05, 3.63) is 11.9 Å². The maximum atomic E-state index is 12.4. The Labute approximate surface area is 115 Å². The first kappa shape index (κ1) is 14.5. The summed E-state index contributed by atoms with van der Waals surface area (Å²) in [5.74, 6) is 0. The first-order valence-corrected chi connectivity index (χ1v) is 8.57. The Hall–Kier alpha value is -0.880. The van der Waals surface area contributed by atoms with Crippen LogP contribution >= 0.6 is 0 Å². The van der Waals surface area contributed by atoms with Crippen LogP contribution in [0.25, 0.3) is 0 Å².